The Morgan fingerprint density at radius 2 is 0.761 bits per heavy atom. The molecule has 0 aliphatic rings. The first kappa shape index (κ1) is 38.2. The first-order valence-corrected chi connectivity index (χ1v) is 22.4. The molecule has 0 atom stereocenters. The molecule has 11 aromatic carbocycles. The maximum absolute atomic E-state index is 7.45. The van der Waals surface area contributed by atoms with Gasteiger partial charge in [-0.15, -0.1) is 0 Å². The monoisotopic (exact) mass is 852 g/mol. The van der Waals surface area contributed by atoms with Crippen molar-refractivity contribution in [3.8, 4) is 67.5 Å². The highest BCUT2D eigenvalue weighted by Crippen LogP contribution is 2.45. The first-order chi connectivity index (χ1) is 33.1. The van der Waals surface area contributed by atoms with Crippen LogP contribution in [0.2, 0.25) is 0 Å². The van der Waals surface area contributed by atoms with E-state index in [-0.39, 0.29) is 0 Å². The predicted octanol–water partition coefficient (Wildman–Crippen LogP) is 16.9. The SMILES string of the molecule is [C-]#[N+]c1ccc(-c2ccc(-c3cc4c5ccccc5c(-c5cccc(-c6nc(-c7ccccc7)nc(-c7ccc8c(c7)oc7ccccc78)n6)c5)cc4c4ccccc34)c3ccccc23)cc1. The van der Waals surface area contributed by atoms with Gasteiger partial charge >= 0.3 is 0 Å². The van der Waals surface area contributed by atoms with E-state index in [4.69, 9.17) is 25.9 Å². The third-order valence-electron chi connectivity index (χ3n) is 13.1. The summed E-state index contributed by atoms with van der Waals surface area (Å²) in [7, 11) is 0. The van der Waals surface area contributed by atoms with E-state index in [2.05, 4.69) is 144 Å². The largest absolute Gasteiger partial charge is 0.456 e. The number of hydrogen-bond acceptors (Lipinski definition) is 4. The smallest absolute Gasteiger partial charge is 0.187 e. The van der Waals surface area contributed by atoms with Crippen molar-refractivity contribution in [3.05, 3.63) is 230 Å². The fraction of sp³-hybridized carbons (Fsp3) is 0. The normalized spacial score (nSPS) is 11.6. The van der Waals surface area contributed by atoms with Crippen LogP contribution in [0.1, 0.15) is 0 Å². The maximum Gasteiger partial charge on any atom is 0.187 e. The van der Waals surface area contributed by atoms with Crippen LogP contribution < -0.4 is 0 Å². The Morgan fingerprint density at radius 1 is 0.284 bits per heavy atom. The molecule has 13 aromatic rings. The van der Waals surface area contributed by atoms with Crippen LogP contribution in [0.5, 0.6) is 0 Å². The summed E-state index contributed by atoms with van der Waals surface area (Å²) in [4.78, 5) is 18.9. The van der Waals surface area contributed by atoms with E-state index in [9.17, 15) is 0 Å². The molecule has 67 heavy (non-hydrogen) atoms. The van der Waals surface area contributed by atoms with Crippen molar-refractivity contribution in [1.29, 1.82) is 0 Å². The molecule has 13 rings (SSSR count). The van der Waals surface area contributed by atoms with Gasteiger partial charge in [-0.1, -0.05) is 182 Å². The van der Waals surface area contributed by atoms with Crippen LogP contribution in [0.15, 0.2) is 223 Å². The van der Waals surface area contributed by atoms with Crippen molar-refractivity contribution < 1.29 is 4.42 Å². The van der Waals surface area contributed by atoms with Crippen molar-refractivity contribution in [2.75, 3.05) is 0 Å². The average Bonchev–Trinajstić information content (AvgIpc) is 3.78. The zero-order valence-electron chi connectivity index (χ0n) is 36.0. The fourth-order valence-corrected chi connectivity index (χ4v) is 9.96. The fourth-order valence-electron chi connectivity index (χ4n) is 9.96. The van der Waals surface area contributed by atoms with Gasteiger partial charge in [0.15, 0.2) is 23.2 Å². The molecule has 5 heteroatoms. The second-order valence-electron chi connectivity index (χ2n) is 17.0. The van der Waals surface area contributed by atoms with Crippen LogP contribution in [0.4, 0.5) is 5.69 Å². The Kier molecular flexibility index (Phi) is 8.84. The third kappa shape index (κ3) is 6.43. The molecule has 0 N–H and O–H groups in total. The van der Waals surface area contributed by atoms with E-state index in [1.165, 1.54) is 48.8 Å². The van der Waals surface area contributed by atoms with Crippen molar-refractivity contribution in [2.45, 2.75) is 0 Å². The molecular weight excluding hydrogens is 817 g/mol. The maximum atomic E-state index is 7.45. The van der Waals surface area contributed by atoms with Crippen LogP contribution in [-0.4, -0.2) is 15.0 Å². The minimum Gasteiger partial charge on any atom is -0.456 e. The van der Waals surface area contributed by atoms with Gasteiger partial charge in [0, 0.05) is 27.5 Å². The Labute approximate surface area is 385 Å². The lowest BCUT2D eigenvalue weighted by Crippen LogP contribution is -2.00. The number of nitrogens with zero attached hydrogens (tertiary/aromatic N) is 4. The van der Waals surface area contributed by atoms with Crippen LogP contribution in [0.3, 0.4) is 0 Å². The molecule has 0 unspecified atom stereocenters. The minimum absolute atomic E-state index is 0.577. The Hall–Kier alpha value is -9.24. The highest BCUT2D eigenvalue weighted by molar-refractivity contribution is 6.25. The van der Waals surface area contributed by atoms with Crippen LogP contribution in [-0.2, 0) is 0 Å². The summed E-state index contributed by atoms with van der Waals surface area (Å²) in [5, 5.41) is 11.6. The van der Waals surface area contributed by atoms with E-state index in [0.29, 0.717) is 23.2 Å². The third-order valence-corrected chi connectivity index (χ3v) is 13.1. The molecule has 0 amide bonds. The number of fused-ring (bicyclic) bond motifs is 9. The van der Waals surface area contributed by atoms with E-state index >= 15 is 0 Å². The lowest BCUT2D eigenvalue weighted by atomic mass is 9.85. The molecular formula is C62H36N4O. The molecule has 0 aliphatic carbocycles. The Morgan fingerprint density at radius 3 is 1.45 bits per heavy atom. The molecule has 0 fully saturated rings. The van der Waals surface area contributed by atoms with Gasteiger partial charge < -0.3 is 4.42 Å². The molecule has 0 aliphatic heterocycles. The Balaban J connectivity index is 0.972. The second-order valence-corrected chi connectivity index (χ2v) is 17.0. The van der Waals surface area contributed by atoms with Gasteiger partial charge in [-0.25, -0.2) is 19.8 Å². The van der Waals surface area contributed by atoms with Gasteiger partial charge in [0.05, 0.1) is 6.57 Å². The van der Waals surface area contributed by atoms with Gasteiger partial charge in [0.2, 0.25) is 0 Å². The molecule has 0 saturated carbocycles. The number of hydrogen-bond donors (Lipinski definition) is 0. The number of furan rings is 1. The molecule has 5 nitrogen and oxygen atoms in total. The van der Waals surface area contributed by atoms with Gasteiger partial charge in [-0.05, 0) is 113 Å². The molecule has 0 radical (unpaired) electrons. The van der Waals surface area contributed by atoms with Crippen LogP contribution >= 0.6 is 0 Å². The quantitative estimate of drug-likeness (QED) is 0.123. The molecule has 2 aromatic heterocycles. The van der Waals surface area contributed by atoms with E-state index in [0.717, 1.165) is 66.3 Å². The van der Waals surface area contributed by atoms with Crippen molar-refractivity contribution in [1.82, 2.24) is 15.0 Å². The molecule has 0 bridgehead atoms. The first-order valence-electron chi connectivity index (χ1n) is 22.4. The van der Waals surface area contributed by atoms with E-state index in [1.54, 1.807) is 0 Å². The van der Waals surface area contributed by atoms with Crippen molar-refractivity contribution >= 4 is 70.7 Å². The molecule has 2 heterocycles. The summed E-state index contributed by atoms with van der Waals surface area (Å²) in [5.74, 6) is 1.77. The topological polar surface area (TPSA) is 56.2 Å². The summed E-state index contributed by atoms with van der Waals surface area (Å²) in [6.45, 7) is 7.45. The van der Waals surface area contributed by atoms with Gasteiger partial charge in [-0.3, -0.25) is 0 Å². The van der Waals surface area contributed by atoms with E-state index in [1.807, 2.05) is 78.9 Å². The number of rotatable bonds is 6. The average molecular weight is 853 g/mol. The second kappa shape index (κ2) is 15.5. The highest BCUT2D eigenvalue weighted by Gasteiger charge is 2.19. The number of benzene rings is 11. The van der Waals surface area contributed by atoms with Crippen LogP contribution in [0.25, 0.3) is 137 Å². The van der Waals surface area contributed by atoms with Crippen LogP contribution in [0, 0.1) is 6.57 Å². The van der Waals surface area contributed by atoms with Gasteiger partial charge in [0.1, 0.15) is 11.2 Å². The predicted molar refractivity (Wildman–Crippen MR) is 276 cm³/mol. The van der Waals surface area contributed by atoms with Crippen molar-refractivity contribution in [2.24, 2.45) is 0 Å². The zero-order valence-corrected chi connectivity index (χ0v) is 36.0. The minimum atomic E-state index is 0.577. The highest BCUT2D eigenvalue weighted by atomic mass is 16.3. The summed E-state index contributed by atoms with van der Waals surface area (Å²) in [5.41, 5.74) is 11.8. The molecule has 310 valence electrons. The van der Waals surface area contributed by atoms with Gasteiger partial charge in [-0.2, -0.15) is 0 Å². The van der Waals surface area contributed by atoms with Gasteiger partial charge in [0.25, 0.3) is 0 Å². The summed E-state index contributed by atoms with van der Waals surface area (Å²) >= 11 is 0. The Bertz CT molecular complexity index is 4170. The number of para-hydroxylation sites is 1. The zero-order chi connectivity index (χ0) is 44.4. The number of aromatic nitrogens is 3. The van der Waals surface area contributed by atoms with Crippen molar-refractivity contribution in [3.63, 3.8) is 0 Å². The molecule has 0 saturated heterocycles. The van der Waals surface area contributed by atoms with E-state index < -0.39 is 0 Å². The lowest BCUT2D eigenvalue weighted by molar-refractivity contribution is 0.669. The summed E-state index contributed by atoms with van der Waals surface area (Å²) in [6.07, 6.45) is 0. The summed E-state index contributed by atoms with van der Waals surface area (Å²) < 4.78 is 6.29. The lowest BCUT2D eigenvalue weighted by Gasteiger charge is -2.18. The molecule has 0 spiro atoms. The standard InChI is InChI=1S/C62H36N4O/c1-63-43-29-26-38(27-30-43)44-32-33-51(46-19-6-5-18-45(44)46)55-37-57-48-21-8-7-20-47(48)54(36-56(57)50-23-10-9-22-49(50)55)40-16-13-17-41(34-40)61-64-60(39-14-3-2-4-15-39)65-62(66-61)42-28-31-53-52-24-11-12-25-58(52)67-59(53)35-42/h2-37H. The summed E-state index contributed by atoms with van der Waals surface area (Å²) in [6, 6.07) is 76.4.